The Balaban J connectivity index is 1.65. The summed E-state index contributed by atoms with van der Waals surface area (Å²) in [5.41, 5.74) is 4.09. The Morgan fingerprint density at radius 3 is 2.41 bits per heavy atom. The molecule has 1 aliphatic carbocycles. The van der Waals surface area contributed by atoms with Gasteiger partial charge in [0.25, 0.3) is 11.6 Å². The molecule has 2 N–H and O–H groups in total. The van der Waals surface area contributed by atoms with Gasteiger partial charge in [-0.2, -0.15) is 0 Å². The van der Waals surface area contributed by atoms with Crippen molar-refractivity contribution in [3.63, 3.8) is 0 Å². The number of hydrogen-bond donors (Lipinski definition) is 2. The topological polar surface area (TPSA) is 122 Å². The summed E-state index contributed by atoms with van der Waals surface area (Å²) in [4.78, 5) is 25.7. The van der Waals surface area contributed by atoms with Crippen LogP contribution in [0.25, 0.3) is 11.1 Å². The molecule has 1 aliphatic heterocycles. The number of carbonyl (C=O) groups is 1. The van der Waals surface area contributed by atoms with E-state index in [9.17, 15) is 25.1 Å². The molecule has 2 aliphatic rings. The third-order valence-corrected chi connectivity index (χ3v) is 6.62. The Labute approximate surface area is 194 Å². The third-order valence-electron chi connectivity index (χ3n) is 6.62. The normalized spacial score (nSPS) is 15.8. The Morgan fingerprint density at radius 1 is 1.06 bits per heavy atom. The predicted molar refractivity (Wildman–Crippen MR) is 123 cm³/mol. The summed E-state index contributed by atoms with van der Waals surface area (Å²) in [7, 11) is 2.94. The first-order valence-corrected chi connectivity index (χ1v) is 10.7. The lowest BCUT2D eigenvalue weighted by molar-refractivity contribution is -0.384. The van der Waals surface area contributed by atoms with Crippen LogP contribution < -0.4 is 9.47 Å². The summed E-state index contributed by atoms with van der Waals surface area (Å²) in [5.74, 6) is 0.291. The van der Waals surface area contributed by atoms with Crippen molar-refractivity contribution >= 4 is 11.6 Å². The molecule has 0 saturated heterocycles. The molecular formula is C25H22N2O7. The lowest BCUT2D eigenvalue weighted by Crippen LogP contribution is -2.42. The molecular weight excluding hydrogens is 440 g/mol. The molecule has 3 aromatic rings. The number of methoxy groups -OCH3 is 2. The van der Waals surface area contributed by atoms with Crippen LogP contribution in [0.1, 0.15) is 33.1 Å². The largest absolute Gasteiger partial charge is 0.504 e. The zero-order valence-electron chi connectivity index (χ0n) is 18.6. The van der Waals surface area contributed by atoms with E-state index in [2.05, 4.69) is 0 Å². The van der Waals surface area contributed by atoms with Gasteiger partial charge >= 0.3 is 0 Å². The minimum atomic E-state index is -0.507. The quantitative estimate of drug-likeness (QED) is 0.444. The summed E-state index contributed by atoms with van der Waals surface area (Å²) in [6, 6.07) is 10.2. The van der Waals surface area contributed by atoms with Crippen molar-refractivity contribution in [3.8, 4) is 34.1 Å². The maximum atomic E-state index is 13.5. The minimum absolute atomic E-state index is 0.0311. The van der Waals surface area contributed by atoms with E-state index in [0.29, 0.717) is 41.8 Å². The fourth-order valence-corrected chi connectivity index (χ4v) is 5.02. The Kier molecular flexibility index (Phi) is 5.04. The van der Waals surface area contributed by atoms with Crippen LogP contribution in [0.15, 0.2) is 42.5 Å². The highest BCUT2D eigenvalue weighted by atomic mass is 16.6. The van der Waals surface area contributed by atoms with Crippen LogP contribution in [0.3, 0.4) is 0 Å². The van der Waals surface area contributed by atoms with Crippen LogP contribution >= 0.6 is 0 Å². The molecule has 1 atom stereocenters. The van der Waals surface area contributed by atoms with Gasteiger partial charge in [0.05, 0.1) is 25.2 Å². The number of aromatic hydroxyl groups is 2. The van der Waals surface area contributed by atoms with Gasteiger partial charge in [-0.05, 0) is 65.4 Å². The van der Waals surface area contributed by atoms with Gasteiger partial charge < -0.3 is 24.6 Å². The highest BCUT2D eigenvalue weighted by molar-refractivity contribution is 5.96. The second kappa shape index (κ2) is 7.95. The van der Waals surface area contributed by atoms with Crippen LogP contribution in [0.4, 0.5) is 5.69 Å². The molecule has 0 aromatic heterocycles. The number of phenolic OH excluding ortho intramolecular Hbond substituents is 2. The molecule has 0 fully saturated rings. The van der Waals surface area contributed by atoms with Crippen molar-refractivity contribution in [2.75, 3.05) is 20.8 Å². The molecule has 3 aromatic carbocycles. The van der Waals surface area contributed by atoms with E-state index in [1.165, 1.54) is 38.5 Å². The van der Waals surface area contributed by atoms with E-state index in [-0.39, 0.29) is 28.8 Å². The van der Waals surface area contributed by atoms with Crippen molar-refractivity contribution < 1.29 is 29.4 Å². The van der Waals surface area contributed by atoms with Gasteiger partial charge in [-0.1, -0.05) is 0 Å². The first-order chi connectivity index (χ1) is 16.3. The number of ether oxygens (including phenoxy) is 2. The second-order valence-corrected chi connectivity index (χ2v) is 8.33. The van der Waals surface area contributed by atoms with Crippen molar-refractivity contribution in [1.82, 2.24) is 4.90 Å². The number of hydrogen-bond acceptors (Lipinski definition) is 7. The summed E-state index contributed by atoms with van der Waals surface area (Å²) in [5, 5.41) is 32.5. The summed E-state index contributed by atoms with van der Waals surface area (Å²) in [6.07, 6.45) is 0.982. The highest BCUT2D eigenvalue weighted by Gasteiger charge is 2.39. The molecule has 0 spiro atoms. The molecule has 0 bridgehead atoms. The van der Waals surface area contributed by atoms with Crippen molar-refractivity contribution in [2.45, 2.75) is 18.9 Å². The van der Waals surface area contributed by atoms with Gasteiger partial charge in [0.2, 0.25) is 0 Å². The van der Waals surface area contributed by atoms with E-state index < -0.39 is 11.0 Å². The van der Waals surface area contributed by atoms with Gasteiger partial charge in [0.15, 0.2) is 23.0 Å². The molecule has 174 valence electrons. The molecule has 9 nitrogen and oxygen atoms in total. The standard InChI is InChI=1S/C25H22N2O7/c1-33-20-12-17-15(10-19(20)28)9-18-22-14(11-21(34-2)24(29)23(17)22)7-8-26(18)25(30)13-3-5-16(6-4-13)27(31)32/h3-6,10-12,18,28-29H,7-9H2,1-2H3. The predicted octanol–water partition coefficient (Wildman–Crippen LogP) is 3.99. The van der Waals surface area contributed by atoms with Crippen LogP contribution in [0.2, 0.25) is 0 Å². The number of phenols is 2. The molecule has 1 unspecified atom stereocenters. The lowest BCUT2D eigenvalue weighted by Gasteiger charge is -2.42. The summed E-state index contributed by atoms with van der Waals surface area (Å²) < 4.78 is 10.7. The Morgan fingerprint density at radius 2 is 1.76 bits per heavy atom. The first-order valence-electron chi connectivity index (χ1n) is 10.7. The van der Waals surface area contributed by atoms with Gasteiger partial charge in [0, 0.05) is 29.8 Å². The second-order valence-electron chi connectivity index (χ2n) is 8.33. The van der Waals surface area contributed by atoms with E-state index in [1.54, 1.807) is 23.1 Å². The van der Waals surface area contributed by atoms with Crippen molar-refractivity contribution in [1.29, 1.82) is 0 Å². The maximum absolute atomic E-state index is 13.5. The summed E-state index contributed by atoms with van der Waals surface area (Å²) in [6.45, 7) is 0.429. The van der Waals surface area contributed by atoms with E-state index in [4.69, 9.17) is 9.47 Å². The Bertz CT molecular complexity index is 1330. The molecule has 1 heterocycles. The number of rotatable bonds is 4. The number of carbonyl (C=O) groups excluding carboxylic acids is 1. The zero-order valence-corrected chi connectivity index (χ0v) is 18.6. The number of nitrogens with zero attached hydrogens (tertiary/aromatic N) is 2. The lowest BCUT2D eigenvalue weighted by atomic mass is 9.76. The SMILES string of the molecule is COc1cc2c(cc1O)CC1c3c(cc(OC)c(O)c3-2)CCN1C(=O)c1ccc([N+](=O)[O-])cc1. The number of benzene rings is 3. The van der Waals surface area contributed by atoms with Crippen LogP contribution in [0, 0.1) is 10.1 Å². The maximum Gasteiger partial charge on any atom is 0.269 e. The van der Waals surface area contributed by atoms with E-state index in [0.717, 1.165) is 16.7 Å². The zero-order chi connectivity index (χ0) is 24.1. The van der Waals surface area contributed by atoms with Gasteiger partial charge in [-0.15, -0.1) is 0 Å². The third kappa shape index (κ3) is 3.20. The number of nitro benzene ring substituents is 1. The van der Waals surface area contributed by atoms with Gasteiger partial charge in [-0.25, -0.2) is 0 Å². The van der Waals surface area contributed by atoms with Crippen LogP contribution in [-0.2, 0) is 12.8 Å². The smallest absolute Gasteiger partial charge is 0.269 e. The first kappa shape index (κ1) is 21.6. The number of non-ortho nitro benzene ring substituents is 1. The van der Waals surface area contributed by atoms with Crippen molar-refractivity contribution in [2.24, 2.45) is 0 Å². The van der Waals surface area contributed by atoms with Crippen molar-refractivity contribution in [3.05, 3.63) is 74.8 Å². The highest BCUT2D eigenvalue weighted by Crippen LogP contribution is 2.53. The molecule has 0 saturated carbocycles. The molecule has 0 radical (unpaired) electrons. The van der Waals surface area contributed by atoms with E-state index >= 15 is 0 Å². The minimum Gasteiger partial charge on any atom is -0.504 e. The average Bonchev–Trinajstić information content (AvgIpc) is 2.84. The average molecular weight is 462 g/mol. The van der Waals surface area contributed by atoms with Crippen LogP contribution in [0.5, 0.6) is 23.0 Å². The molecule has 9 heteroatoms. The molecule has 5 rings (SSSR count). The molecule has 34 heavy (non-hydrogen) atoms. The fourth-order valence-electron chi connectivity index (χ4n) is 5.02. The van der Waals surface area contributed by atoms with Gasteiger partial charge in [0.1, 0.15) is 0 Å². The van der Waals surface area contributed by atoms with E-state index in [1.807, 2.05) is 0 Å². The molecule has 1 amide bonds. The van der Waals surface area contributed by atoms with Gasteiger partial charge in [-0.3, -0.25) is 14.9 Å². The number of amides is 1. The number of fused-ring (bicyclic) bond motifs is 2. The Hall–Kier alpha value is -4.27. The number of nitro groups is 1. The van der Waals surface area contributed by atoms with Crippen LogP contribution in [-0.4, -0.2) is 46.7 Å². The fraction of sp³-hybridized carbons (Fsp3) is 0.240. The monoisotopic (exact) mass is 462 g/mol. The summed E-state index contributed by atoms with van der Waals surface area (Å²) >= 11 is 0.